The Kier molecular flexibility index (Phi) is 3.80. The minimum absolute atomic E-state index is 0.105. The molecule has 1 saturated carbocycles. The monoisotopic (exact) mass is 198 g/mol. The molecule has 0 aromatic rings. The largest absolute Gasteiger partial charge is 0.459 e. The second-order valence-corrected chi connectivity index (χ2v) is 3.81. The lowest BCUT2D eigenvalue weighted by atomic mass is 10.3. The lowest BCUT2D eigenvalue weighted by molar-refractivity contribution is -0.142. The van der Waals surface area contributed by atoms with Crippen LogP contribution in [-0.2, 0) is 9.53 Å². The Balaban J connectivity index is 2.38. The van der Waals surface area contributed by atoms with Crippen LogP contribution in [0.1, 0.15) is 25.7 Å². The molecular formula is C10H18N2O2. The van der Waals surface area contributed by atoms with Crippen LogP contribution in [-0.4, -0.2) is 31.1 Å². The van der Waals surface area contributed by atoms with Gasteiger partial charge in [0.15, 0.2) is 0 Å². The number of carbonyl (C=O) groups is 1. The van der Waals surface area contributed by atoms with Gasteiger partial charge in [0.2, 0.25) is 0 Å². The zero-order chi connectivity index (χ0) is 10.6. The minimum Gasteiger partial charge on any atom is -0.459 e. The molecule has 0 saturated heterocycles. The maximum Gasteiger partial charge on any atom is 0.334 e. The van der Waals surface area contributed by atoms with E-state index in [9.17, 15) is 4.79 Å². The van der Waals surface area contributed by atoms with Gasteiger partial charge >= 0.3 is 5.97 Å². The van der Waals surface area contributed by atoms with Gasteiger partial charge in [-0.15, -0.1) is 0 Å². The fourth-order valence-electron chi connectivity index (χ4n) is 1.45. The van der Waals surface area contributed by atoms with Crippen molar-refractivity contribution in [2.45, 2.75) is 31.8 Å². The molecule has 1 aliphatic rings. The molecule has 0 bridgehead atoms. The van der Waals surface area contributed by atoms with E-state index in [1.807, 2.05) is 0 Å². The molecule has 0 unspecified atom stereocenters. The summed E-state index contributed by atoms with van der Waals surface area (Å²) >= 11 is 0. The molecule has 1 aliphatic carbocycles. The molecule has 0 spiro atoms. The van der Waals surface area contributed by atoms with Crippen molar-refractivity contribution in [2.24, 2.45) is 5.73 Å². The SMILES string of the molecule is CN(C)C(N)=CC(=O)OC1CCCC1. The van der Waals surface area contributed by atoms with E-state index >= 15 is 0 Å². The number of nitrogens with two attached hydrogens (primary N) is 1. The molecule has 2 N–H and O–H groups in total. The fraction of sp³-hybridized carbons (Fsp3) is 0.700. The summed E-state index contributed by atoms with van der Waals surface area (Å²) in [4.78, 5) is 13.0. The highest BCUT2D eigenvalue weighted by atomic mass is 16.5. The van der Waals surface area contributed by atoms with Crippen LogP contribution in [0, 0.1) is 0 Å². The van der Waals surface area contributed by atoms with Crippen molar-refractivity contribution in [1.82, 2.24) is 4.90 Å². The summed E-state index contributed by atoms with van der Waals surface area (Å²) in [6, 6.07) is 0. The van der Waals surface area contributed by atoms with Crippen LogP contribution >= 0.6 is 0 Å². The predicted molar refractivity (Wildman–Crippen MR) is 54.3 cm³/mol. The topological polar surface area (TPSA) is 55.6 Å². The second-order valence-electron chi connectivity index (χ2n) is 3.81. The molecule has 4 heteroatoms. The van der Waals surface area contributed by atoms with Crippen molar-refractivity contribution in [3.63, 3.8) is 0 Å². The third-order valence-electron chi connectivity index (χ3n) is 2.37. The molecule has 4 nitrogen and oxygen atoms in total. The predicted octanol–water partition coefficient (Wildman–Crippen LogP) is 0.834. The summed E-state index contributed by atoms with van der Waals surface area (Å²) in [6.07, 6.45) is 5.73. The molecule has 80 valence electrons. The van der Waals surface area contributed by atoms with Crippen molar-refractivity contribution in [3.8, 4) is 0 Å². The van der Waals surface area contributed by atoms with E-state index in [-0.39, 0.29) is 12.1 Å². The number of carbonyl (C=O) groups excluding carboxylic acids is 1. The Morgan fingerprint density at radius 3 is 2.50 bits per heavy atom. The number of esters is 1. The van der Waals surface area contributed by atoms with Crippen LogP contribution in [0.15, 0.2) is 11.9 Å². The van der Waals surface area contributed by atoms with Crippen molar-refractivity contribution >= 4 is 5.97 Å². The molecule has 0 aliphatic heterocycles. The van der Waals surface area contributed by atoms with E-state index in [1.54, 1.807) is 19.0 Å². The maximum atomic E-state index is 11.3. The fourth-order valence-corrected chi connectivity index (χ4v) is 1.45. The Morgan fingerprint density at radius 2 is 2.00 bits per heavy atom. The first-order chi connectivity index (χ1) is 6.59. The van der Waals surface area contributed by atoms with Crippen LogP contribution in [0.2, 0.25) is 0 Å². The second kappa shape index (κ2) is 4.88. The van der Waals surface area contributed by atoms with Gasteiger partial charge in [-0.3, -0.25) is 0 Å². The van der Waals surface area contributed by atoms with Gasteiger partial charge in [-0.1, -0.05) is 0 Å². The van der Waals surface area contributed by atoms with Crippen LogP contribution in [0.25, 0.3) is 0 Å². The molecule has 0 heterocycles. The molecular weight excluding hydrogens is 180 g/mol. The third-order valence-corrected chi connectivity index (χ3v) is 2.37. The van der Waals surface area contributed by atoms with E-state index in [4.69, 9.17) is 10.5 Å². The molecule has 0 atom stereocenters. The number of nitrogens with zero attached hydrogens (tertiary/aromatic N) is 1. The van der Waals surface area contributed by atoms with Crippen molar-refractivity contribution < 1.29 is 9.53 Å². The Labute approximate surface area is 84.7 Å². The van der Waals surface area contributed by atoms with Gasteiger partial charge in [0, 0.05) is 14.1 Å². The maximum absolute atomic E-state index is 11.3. The first-order valence-corrected chi connectivity index (χ1v) is 4.94. The van der Waals surface area contributed by atoms with Gasteiger partial charge in [0.05, 0.1) is 6.08 Å². The van der Waals surface area contributed by atoms with Gasteiger partial charge in [0.25, 0.3) is 0 Å². The summed E-state index contributed by atoms with van der Waals surface area (Å²) < 4.78 is 5.21. The summed E-state index contributed by atoms with van der Waals surface area (Å²) in [6.45, 7) is 0. The molecule has 0 radical (unpaired) electrons. The summed E-state index contributed by atoms with van der Waals surface area (Å²) in [7, 11) is 3.57. The van der Waals surface area contributed by atoms with E-state index in [1.165, 1.54) is 6.08 Å². The highest BCUT2D eigenvalue weighted by Crippen LogP contribution is 2.21. The van der Waals surface area contributed by atoms with Gasteiger partial charge in [-0.2, -0.15) is 0 Å². The van der Waals surface area contributed by atoms with Crippen LogP contribution in [0.4, 0.5) is 0 Å². The number of hydrogen-bond donors (Lipinski definition) is 1. The average molecular weight is 198 g/mol. The molecule has 1 fully saturated rings. The zero-order valence-electron chi connectivity index (χ0n) is 8.82. The van der Waals surface area contributed by atoms with Gasteiger partial charge in [0.1, 0.15) is 11.9 Å². The molecule has 0 amide bonds. The number of ether oxygens (including phenoxy) is 1. The van der Waals surface area contributed by atoms with E-state index < -0.39 is 0 Å². The normalized spacial score (nSPS) is 18.3. The van der Waals surface area contributed by atoms with Gasteiger partial charge in [-0.05, 0) is 25.7 Å². The van der Waals surface area contributed by atoms with E-state index in [2.05, 4.69) is 0 Å². The summed E-state index contributed by atoms with van der Waals surface area (Å²) in [5.74, 6) is 0.0936. The molecule has 1 rings (SSSR count). The lowest BCUT2D eigenvalue weighted by Gasteiger charge is -2.13. The molecule has 14 heavy (non-hydrogen) atoms. The highest BCUT2D eigenvalue weighted by Gasteiger charge is 2.18. The highest BCUT2D eigenvalue weighted by molar-refractivity contribution is 5.82. The first-order valence-electron chi connectivity index (χ1n) is 4.94. The van der Waals surface area contributed by atoms with Crippen molar-refractivity contribution in [1.29, 1.82) is 0 Å². The zero-order valence-corrected chi connectivity index (χ0v) is 8.82. The Bertz CT molecular complexity index is 230. The lowest BCUT2D eigenvalue weighted by Crippen LogP contribution is -2.21. The van der Waals surface area contributed by atoms with Gasteiger partial charge in [-0.25, -0.2) is 4.79 Å². The molecule has 0 aromatic heterocycles. The molecule has 0 aromatic carbocycles. The Hall–Kier alpha value is -1.19. The number of rotatable bonds is 3. The van der Waals surface area contributed by atoms with Crippen molar-refractivity contribution in [2.75, 3.05) is 14.1 Å². The standard InChI is InChI=1S/C10H18N2O2/c1-12(2)9(11)7-10(13)14-8-5-3-4-6-8/h7-8H,3-6,11H2,1-2H3. The first kappa shape index (κ1) is 10.9. The third kappa shape index (κ3) is 3.28. The summed E-state index contributed by atoms with van der Waals surface area (Å²) in [5, 5.41) is 0. The van der Waals surface area contributed by atoms with E-state index in [0.29, 0.717) is 5.82 Å². The average Bonchev–Trinajstić information content (AvgIpc) is 2.56. The summed E-state index contributed by atoms with van der Waals surface area (Å²) in [5.41, 5.74) is 5.58. The Morgan fingerprint density at radius 1 is 1.43 bits per heavy atom. The number of hydrogen-bond acceptors (Lipinski definition) is 4. The quantitative estimate of drug-likeness (QED) is 0.539. The van der Waals surface area contributed by atoms with Crippen LogP contribution in [0.5, 0.6) is 0 Å². The smallest absolute Gasteiger partial charge is 0.334 e. The van der Waals surface area contributed by atoms with E-state index in [0.717, 1.165) is 25.7 Å². The van der Waals surface area contributed by atoms with Gasteiger partial charge < -0.3 is 15.4 Å². The van der Waals surface area contributed by atoms with Crippen molar-refractivity contribution in [3.05, 3.63) is 11.9 Å². The minimum atomic E-state index is -0.330. The van der Waals surface area contributed by atoms with Crippen LogP contribution in [0.3, 0.4) is 0 Å². The van der Waals surface area contributed by atoms with Crippen LogP contribution < -0.4 is 5.73 Å².